The van der Waals surface area contributed by atoms with Gasteiger partial charge < -0.3 is 4.74 Å². The van der Waals surface area contributed by atoms with E-state index in [0.717, 1.165) is 54.9 Å². The molecule has 33 heavy (non-hydrogen) atoms. The van der Waals surface area contributed by atoms with E-state index in [2.05, 4.69) is 23.1 Å². The van der Waals surface area contributed by atoms with Gasteiger partial charge in [0.15, 0.2) is 0 Å². The predicted molar refractivity (Wildman–Crippen MR) is 130 cm³/mol. The number of amides is 1. The van der Waals surface area contributed by atoms with Gasteiger partial charge in [-0.1, -0.05) is 48.5 Å². The third kappa shape index (κ3) is 5.79. The molecule has 0 spiro atoms. The van der Waals surface area contributed by atoms with E-state index in [-0.39, 0.29) is 11.9 Å². The number of piperidine rings is 1. The van der Waals surface area contributed by atoms with Gasteiger partial charge in [-0.25, -0.2) is 9.18 Å². The quantitative estimate of drug-likeness (QED) is 0.446. The van der Waals surface area contributed by atoms with E-state index in [4.69, 9.17) is 4.74 Å². The predicted octanol–water partition coefficient (Wildman–Crippen LogP) is 6.29. The lowest BCUT2D eigenvalue weighted by Crippen LogP contribution is -2.33. The Bertz CT molecular complexity index is 1080. The molecule has 0 saturated carbocycles. The van der Waals surface area contributed by atoms with Crippen LogP contribution in [0.1, 0.15) is 41.0 Å². The van der Waals surface area contributed by atoms with E-state index in [9.17, 15) is 9.18 Å². The Balaban J connectivity index is 1.47. The Hall–Kier alpha value is -3.18. The summed E-state index contributed by atoms with van der Waals surface area (Å²) in [4.78, 5) is 16.8. The van der Waals surface area contributed by atoms with Gasteiger partial charge in [-0.05, 0) is 85.3 Å². The Morgan fingerprint density at radius 1 is 1.03 bits per heavy atom. The number of methoxy groups -OCH3 is 1. The fraction of sp³-hybridized carbons (Fsp3) is 0.321. The molecule has 1 saturated heterocycles. The van der Waals surface area contributed by atoms with E-state index >= 15 is 0 Å². The number of rotatable bonds is 6. The molecule has 0 N–H and O–H groups in total. The van der Waals surface area contributed by atoms with Gasteiger partial charge in [0, 0.05) is 12.2 Å². The van der Waals surface area contributed by atoms with Crippen molar-refractivity contribution in [2.45, 2.75) is 38.8 Å². The fourth-order valence-corrected chi connectivity index (χ4v) is 4.66. The molecule has 3 aromatic carbocycles. The van der Waals surface area contributed by atoms with Crippen LogP contribution in [0.5, 0.6) is 0 Å². The Morgan fingerprint density at radius 3 is 2.45 bits per heavy atom. The number of carbonyl (C=O) groups is 1. The van der Waals surface area contributed by atoms with Crippen molar-refractivity contribution in [3.8, 4) is 0 Å². The molecular weight excluding hydrogens is 415 g/mol. The van der Waals surface area contributed by atoms with Crippen LogP contribution in [0, 0.1) is 12.7 Å². The van der Waals surface area contributed by atoms with Crippen LogP contribution in [-0.4, -0.2) is 31.2 Å². The van der Waals surface area contributed by atoms with Gasteiger partial charge in [-0.15, -0.1) is 0 Å². The van der Waals surface area contributed by atoms with Crippen molar-refractivity contribution in [1.29, 1.82) is 0 Å². The lowest BCUT2D eigenvalue weighted by Gasteiger charge is -2.33. The van der Waals surface area contributed by atoms with Crippen LogP contribution in [0.15, 0.2) is 72.8 Å². The minimum atomic E-state index is -0.357. The molecule has 1 heterocycles. The second kappa shape index (κ2) is 10.6. The summed E-state index contributed by atoms with van der Waals surface area (Å²) in [6.45, 7) is 5.33. The summed E-state index contributed by atoms with van der Waals surface area (Å²) in [6, 6.07) is 23.1. The van der Waals surface area contributed by atoms with Crippen LogP contribution in [0.2, 0.25) is 0 Å². The Labute approximate surface area is 195 Å². The second-order valence-electron chi connectivity index (χ2n) is 8.77. The number of aryl methyl sites for hydroxylation is 1. The number of hydrogen-bond donors (Lipinski definition) is 0. The van der Waals surface area contributed by atoms with Crippen molar-refractivity contribution in [1.82, 2.24) is 4.90 Å². The van der Waals surface area contributed by atoms with Gasteiger partial charge in [0.05, 0.1) is 13.7 Å². The first kappa shape index (κ1) is 23.0. The van der Waals surface area contributed by atoms with Gasteiger partial charge in [0.1, 0.15) is 5.82 Å². The van der Waals surface area contributed by atoms with Gasteiger partial charge in [0.2, 0.25) is 0 Å². The zero-order valence-electron chi connectivity index (χ0n) is 19.3. The van der Waals surface area contributed by atoms with Crippen LogP contribution in [0.4, 0.5) is 14.9 Å². The van der Waals surface area contributed by atoms with E-state index < -0.39 is 0 Å². The third-order valence-electron chi connectivity index (χ3n) is 6.44. The number of likely N-dealkylation sites (tertiary alicyclic amines) is 1. The van der Waals surface area contributed by atoms with Crippen molar-refractivity contribution < 1.29 is 13.9 Å². The summed E-state index contributed by atoms with van der Waals surface area (Å²) in [5.41, 5.74) is 5.54. The zero-order chi connectivity index (χ0) is 23.2. The summed E-state index contributed by atoms with van der Waals surface area (Å²) in [5.74, 6) is 0.253. The molecule has 5 heteroatoms. The van der Waals surface area contributed by atoms with Crippen LogP contribution >= 0.6 is 0 Å². The Kier molecular flexibility index (Phi) is 7.40. The number of anilines is 1. The molecule has 1 aliphatic rings. The minimum absolute atomic E-state index is 0.194. The van der Waals surface area contributed by atoms with Gasteiger partial charge in [-0.2, -0.15) is 0 Å². The highest BCUT2D eigenvalue weighted by atomic mass is 19.1. The van der Waals surface area contributed by atoms with Crippen LogP contribution in [0.25, 0.3) is 0 Å². The molecule has 0 bridgehead atoms. The highest BCUT2D eigenvalue weighted by Gasteiger charge is 2.25. The molecule has 3 aromatic rings. The Morgan fingerprint density at radius 2 is 1.76 bits per heavy atom. The van der Waals surface area contributed by atoms with Crippen molar-refractivity contribution >= 4 is 11.8 Å². The number of ether oxygens (including phenoxy) is 1. The third-order valence-corrected chi connectivity index (χ3v) is 6.44. The number of nitrogens with zero attached hydrogens (tertiary/aromatic N) is 2. The maximum Gasteiger partial charge on any atom is 0.414 e. The van der Waals surface area contributed by atoms with Crippen LogP contribution < -0.4 is 4.90 Å². The molecule has 1 amide bonds. The molecule has 1 aliphatic heterocycles. The molecule has 172 valence electrons. The lowest BCUT2D eigenvalue weighted by atomic mass is 9.86. The molecule has 4 rings (SSSR count). The smallest absolute Gasteiger partial charge is 0.414 e. The van der Waals surface area contributed by atoms with Crippen molar-refractivity contribution in [2.75, 3.05) is 25.1 Å². The summed E-state index contributed by atoms with van der Waals surface area (Å²) >= 11 is 0. The first-order chi connectivity index (χ1) is 16.0. The van der Waals surface area contributed by atoms with E-state index in [1.165, 1.54) is 24.8 Å². The average Bonchev–Trinajstić information content (AvgIpc) is 2.84. The lowest BCUT2D eigenvalue weighted by molar-refractivity contribution is 0.178. The molecular formula is C28H31FN2O2. The fourth-order valence-electron chi connectivity index (χ4n) is 4.66. The maximum absolute atomic E-state index is 13.2. The normalized spacial score (nSPS) is 14.8. The molecule has 1 fully saturated rings. The standard InChI is InChI=1S/C28H31FN2O2/c1-21-6-5-8-26(18-21)31(28(32)33-2)20-24-7-3-4-9-27(24)23-14-16-30(17-15-23)19-22-10-12-25(29)13-11-22/h3-13,18,23H,14-17,19-20H2,1-2H3. The van der Waals surface area contributed by atoms with Crippen LogP contribution in [-0.2, 0) is 17.8 Å². The first-order valence-electron chi connectivity index (χ1n) is 11.5. The van der Waals surface area contributed by atoms with E-state index in [1.54, 1.807) is 4.90 Å². The first-order valence-corrected chi connectivity index (χ1v) is 11.5. The minimum Gasteiger partial charge on any atom is -0.452 e. The van der Waals surface area contributed by atoms with Gasteiger partial charge in [-0.3, -0.25) is 9.80 Å². The zero-order valence-corrected chi connectivity index (χ0v) is 19.3. The summed E-state index contributed by atoms with van der Waals surface area (Å²) < 4.78 is 18.3. The van der Waals surface area contributed by atoms with Crippen molar-refractivity contribution in [3.05, 3.63) is 101 Å². The molecule has 0 aliphatic carbocycles. The monoisotopic (exact) mass is 446 g/mol. The largest absolute Gasteiger partial charge is 0.452 e. The maximum atomic E-state index is 13.2. The van der Waals surface area contributed by atoms with Crippen molar-refractivity contribution in [3.63, 3.8) is 0 Å². The summed E-state index contributed by atoms with van der Waals surface area (Å²) in [5, 5.41) is 0. The number of hydrogen-bond acceptors (Lipinski definition) is 3. The molecule has 0 atom stereocenters. The van der Waals surface area contributed by atoms with Crippen molar-refractivity contribution in [2.24, 2.45) is 0 Å². The topological polar surface area (TPSA) is 32.8 Å². The second-order valence-corrected chi connectivity index (χ2v) is 8.77. The summed E-state index contributed by atoms with van der Waals surface area (Å²) in [6.07, 6.45) is 1.76. The van der Waals surface area contributed by atoms with Gasteiger partial charge >= 0.3 is 6.09 Å². The van der Waals surface area contributed by atoms with E-state index in [0.29, 0.717) is 12.5 Å². The number of benzene rings is 3. The number of carbonyl (C=O) groups excluding carboxylic acids is 1. The SMILES string of the molecule is COC(=O)N(Cc1ccccc1C1CCN(Cc2ccc(F)cc2)CC1)c1cccc(C)c1. The summed E-state index contributed by atoms with van der Waals surface area (Å²) in [7, 11) is 1.42. The molecule has 0 aromatic heterocycles. The highest BCUT2D eigenvalue weighted by Crippen LogP contribution is 2.32. The van der Waals surface area contributed by atoms with Gasteiger partial charge in [0.25, 0.3) is 0 Å². The number of halogens is 1. The molecule has 0 radical (unpaired) electrons. The van der Waals surface area contributed by atoms with Crippen LogP contribution in [0.3, 0.4) is 0 Å². The molecule has 0 unspecified atom stereocenters. The average molecular weight is 447 g/mol. The van der Waals surface area contributed by atoms with E-state index in [1.807, 2.05) is 49.4 Å². The molecule has 4 nitrogen and oxygen atoms in total. The highest BCUT2D eigenvalue weighted by molar-refractivity contribution is 5.87.